The summed E-state index contributed by atoms with van der Waals surface area (Å²) < 4.78 is 6.97. The van der Waals surface area contributed by atoms with Crippen molar-refractivity contribution in [1.82, 2.24) is 5.32 Å². The predicted molar refractivity (Wildman–Crippen MR) is 82.6 cm³/mol. The van der Waals surface area contributed by atoms with Crippen LogP contribution in [-0.4, -0.2) is 6.04 Å². The minimum Gasteiger partial charge on any atom is -0.457 e. The predicted octanol–water partition coefficient (Wildman–Crippen LogP) is 4.74. The summed E-state index contributed by atoms with van der Waals surface area (Å²) in [5.74, 6) is 1.74. The molecule has 0 unspecified atom stereocenters. The van der Waals surface area contributed by atoms with E-state index < -0.39 is 0 Å². The van der Waals surface area contributed by atoms with Crippen LogP contribution in [0, 0.1) is 0 Å². The van der Waals surface area contributed by atoms with Crippen LogP contribution in [0.3, 0.4) is 0 Å². The Morgan fingerprint density at radius 3 is 2.53 bits per heavy atom. The Bertz CT molecular complexity index is 526. The van der Waals surface area contributed by atoms with Crippen LogP contribution >= 0.6 is 15.9 Å². The van der Waals surface area contributed by atoms with E-state index in [0.717, 1.165) is 28.1 Å². The van der Waals surface area contributed by atoms with Crippen molar-refractivity contribution in [2.24, 2.45) is 0 Å². The zero-order valence-electron chi connectivity index (χ0n) is 11.2. The summed E-state index contributed by atoms with van der Waals surface area (Å²) in [6, 6.07) is 16.4. The third-order valence-electron chi connectivity index (χ3n) is 2.70. The quantitative estimate of drug-likeness (QED) is 0.859. The first-order chi connectivity index (χ1) is 9.15. The van der Waals surface area contributed by atoms with E-state index in [1.807, 2.05) is 42.5 Å². The molecule has 0 bridgehead atoms. The van der Waals surface area contributed by atoms with Crippen molar-refractivity contribution < 1.29 is 4.74 Å². The fourth-order valence-electron chi connectivity index (χ4n) is 1.70. The van der Waals surface area contributed by atoms with Crippen LogP contribution in [0.1, 0.15) is 19.4 Å². The second-order valence-corrected chi connectivity index (χ2v) is 5.62. The summed E-state index contributed by atoms with van der Waals surface area (Å²) in [6.07, 6.45) is 0. The van der Waals surface area contributed by atoms with Gasteiger partial charge in [-0.2, -0.15) is 0 Å². The molecule has 0 aliphatic heterocycles. The highest BCUT2D eigenvalue weighted by Crippen LogP contribution is 2.28. The molecule has 0 saturated heterocycles. The molecule has 19 heavy (non-hydrogen) atoms. The molecule has 0 saturated carbocycles. The molecule has 0 aliphatic rings. The maximum atomic E-state index is 5.95. The van der Waals surface area contributed by atoms with Crippen LogP contribution in [0.25, 0.3) is 0 Å². The molecule has 0 amide bonds. The number of hydrogen-bond donors (Lipinski definition) is 1. The zero-order chi connectivity index (χ0) is 13.7. The minimum absolute atomic E-state index is 0.452. The molecular formula is C16H18BrNO. The van der Waals surface area contributed by atoms with Crippen molar-refractivity contribution in [3.8, 4) is 11.5 Å². The van der Waals surface area contributed by atoms with E-state index in [2.05, 4.69) is 41.2 Å². The normalized spacial score (nSPS) is 10.7. The third kappa shape index (κ3) is 4.37. The Balaban J connectivity index is 2.19. The van der Waals surface area contributed by atoms with Gasteiger partial charge in [0, 0.05) is 22.6 Å². The standard InChI is InChI=1S/C16H18BrNO/c1-12(2)18-11-13-8-9-14(17)10-16(13)19-15-6-4-3-5-7-15/h3-10,12,18H,11H2,1-2H3. The number of benzene rings is 2. The molecule has 0 spiro atoms. The lowest BCUT2D eigenvalue weighted by Crippen LogP contribution is -2.22. The first kappa shape index (κ1) is 14.1. The average Bonchev–Trinajstić information content (AvgIpc) is 2.39. The second-order valence-electron chi connectivity index (χ2n) is 4.70. The Morgan fingerprint density at radius 2 is 1.84 bits per heavy atom. The third-order valence-corrected chi connectivity index (χ3v) is 3.19. The fraction of sp³-hybridized carbons (Fsp3) is 0.250. The highest BCUT2D eigenvalue weighted by molar-refractivity contribution is 9.10. The molecular weight excluding hydrogens is 302 g/mol. The van der Waals surface area contributed by atoms with Crippen molar-refractivity contribution in [2.75, 3.05) is 0 Å². The number of nitrogens with one attached hydrogen (secondary N) is 1. The highest BCUT2D eigenvalue weighted by atomic mass is 79.9. The van der Waals surface area contributed by atoms with Crippen LogP contribution in [0.15, 0.2) is 53.0 Å². The van der Waals surface area contributed by atoms with E-state index in [-0.39, 0.29) is 0 Å². The summed E-state index contributed by atoms with van der Waals surface area (Å²) in [4.78, 5) is 0. The maximum Gasteiger partial charge on any atom is 0.133 e. The number of ether oxygens (including phenoxy) is 1. The van der Waals surface area contributed by atoms with Gasteiger partial charge in [0.05, 0.1) is 0 Å². The molecule has 0 radical (unpaired) electrons. The highest BCUT2D eigenvalue weighted by Gasteiger charge is 2.06. The van der Waals surface area contributed by atoms with E-state index in [4.69, 9.17) is 4.74 Å². The molecule has 2 nitrogen and oxygen atoms in total. The maximum absolute atomic E-state index is 5.95. The molecule has 1 N–H and O–H groups in total. The van der Waals surface area contributed by atoms with Crippen molar-refractivity contribution in [1.29, 1.82) is 0 Å². The number of para-hydroxylation sites is 1. The van der Waals surface area contributed by atoms with Gasteiger partial charge in [0.1, 0.15) is 11.5 Å². The van der Waals surface area contributed by atoms with E-state index in [0.29, 0.717) is 6.04 Å². The molecule has 2 rings (SSSR count). The fourth-order valence-corrected chi connectivity index (χ4v) is 2.04. The van der Waals surface area contributed by atoms with Gasteiger partial charge >= 0.3 is 0 Å². The summed E-state index contributed by atoms with van der Waals surface area (Å²) >= 11 is 3.49. The van der Waals surface area contributed by atoms with Crippen molar-refractivity contribution >= 4 is 15.9 Å². The molecule has 2 aromatic rings. The monoisotopic (exact) mass is 319 g/mol. The summed E-state index contributed by atoms with van der Waals surface area (Å²) in [5, 5.41) is 3.41. The van der Waals surface area contributed by atoms with E-state index in [1.165, 1.54) is 0 Å². The average molecular weight is 320 g/mol. The molecule has 0 aliphatic carbocycles. The Morgan fingerprint density at radius 1 is 1.11 bits per heavy atom. The van der Waals surface area contributed by atoms with Gasteiger partial charge in [-0.05, 0) is 24.3 Å². The van der Waals surface area contributed by atoms with Gasteiger partial charge in [0.2, 0.25) is 0 Å². The molecule has 0 fully saturated rings. The van der Waals surface area contributed by atoms with Gasteiger partial charge in [0.25, 0.3) is 0 Å². The molecule has 2 aromatic carbocycles. The molecule has 0 heterocycles. The molecule has 0 atom stereocenters. The minimum atomic E-state index is 0.452. The topological polar surface area (TPSA) is 21.3 Å². The van der Waals surface area contributed by atoms with E-state index in [9.17, 15) is 0 Å². The van der Waals surface area contributed by atoms with Gasteiger partial charge in [-0.3, -0.25) is 0 Å². The van der Waals surface area contributed by atoms with Crippen LogP contribution in [0.2, 0.25) is 0 Å². The van der Waals surface area contributed by atoms with E-state index >= 15 is 0 Å². The number of halogens is 1. The van der Waals surface area contributed by atoms with Crippen molar-refractivity contribution in [2.45, 2.75) is 26.4 Å². The van der Waals surface area contributed by atoms with Gasteiger partial charge in [-0.15, -0.1) is 0 Å². The van der Waals surface area contributed by atoms with Crippen LogP contribution in [0.4, 0.5) is 0 Å². The van der Waals surface area contributed by atoms with Crippen LogP contribution < -0.4 is 10.1 Å². The lowest BCUT2D eigenvalue weighted by molar-refractivity contribution is 0.469. The summed E-state index contributed by atoms with van der Waals surface area (Å²) in [5.41, 5.74) is 1.15. The van der Waals surface area contributed by atoms with Gasteiger partial charge in [-0.1, -0.05) is 54.0 Å². The number of hydrogen-bond acceptors (Lipinski definition) is 2. The van der Waals surface area contributed by atoms with Gasteiger partial charge in [0.15, 0.2) is 0 Å². The van der Waals surface area contributed by atoms with Crippen LogP contribution in [-0.2, 0) is 6.54 Å². The summed E-state index contributed by atoms with van der Waals surface area (Å²) in [6.45, 7) is 5.07. The first-order valence-corrected chi connectivity index (χ1v) is 7.19. The van der Waals surface area contributed by atoms with Crippen molar-refractivity contribution in [3.05, 3.63) is 58.6 Å². The lowest BCUT2D eigenvalue weighted by Gasteiger charge is -2.14. The van der Waals surface area contributed by atoms with E-state index in [1.54, 1.807) is 0 Å². The SMILES string of the molecule is CC(C)NCc1ccc(Br)cc1Oc1ccccc1. The molecule has 0 aromatic heterocycles. The smallest absolute Gasteiger partial charge is 0.133 e. The molecule has 3 heteroatoms. The number of rotatable bonds is 5. The van der Waals surface area contributed by atoms with Gasteiger partial charge in [-0.25, -0.2) is 0 Å². The summed E-state index contributed by atoms with van der Waals surface area (Å²) in [7, 11) is 0. The molecule has 100 valence electrons. The Labute approximate surface area is 122 Å². The lowest BCUT2D eigenvalue weighted by atomic mass is 10.2. The Kier molecular flexibility index (Phi) is 5.00. The zero-order valence-corrected chi connectivity index (χ0v) is 12.8. The Hall–Kier alpha value is -1.32. The second kappa shape index (κ2) is 6.73. The largest absolute Gasteiger partial charge is 0.457 e. The first-order valence-electron chi connectivity index (χ1n) is 6.40. The van der Waals surface area contributed by atoms with Crippen molar-refractivity contribution in [3.63, 3.8) is 0 Å². The van der Waals surface area contributed by atoms with Crippen LogP contribution in [0.5, 0.6) is 11.5 Å². The van der Waals surface area contributed by atoms with Gasteiger partial charge < -0.3 is 10.1 Å².